The van der Waals surface area contributed by atoms with Gasteiger partial charge >= 0.3 is 5.97 Å². The van der Waals surface area contributed by atoms with Gasteiger partial charge in [0, 0.05) is 5.56 Å². The van der Waals surface area contributed by atoms with Crippen molar-refractivity contribution in [2.24, 2.45) is 0 Å². The largest absolute Gasteiger partial charge is 0.496 e. The molecule has 0 aliphatic heterocycles. The third-order valence-electron chi connectivity index (χ3n) is 3.02. The minimum Gasteiger partial charge on any atom is -0.496 e. The van der Waals surface area contributed by atoms with Crippen LogP contribution < -0.4 is 14.8 Å². The van der Waals surface area contributed by atoms with Crippen molar-refractivity contribution in [1.82, 2.24) is 5.32 Å². The predicted octanol–water partition coefficient (Wildman–Crippen LogP) is 1.02. The van der Waals surface area contributed by atoms with Crippen LogP contribution in [-0.4, -0.2) is 50.5 Å². The second-order valence-corrected chi connectivity index (χ2v) is 4.60. The van der Waals surface area contributed by atoms with Crippen molar-refractivity contribution >= 4 is 11.9 Å². The van der Waals surface area contributed by atoms with Gasteiger partial charge in [0.05, 0.1) is 33.9 Å². The summed E-state index contributed by atoms with van der Waals surface area (Å²) in [6, 6.07) is 4.01. The quantitative estimate of drug-likeness (QED) is 0.493. The molecular weight excluding hydrogens is 302 g/mol. The van der Waals surface area contributed by atoms with Crippen LogP contribution in [0.15, 0.2) is 30.9 Å². The third kappa shape index (κ3) is 5.63. The summed E-state index contributed by atoms with van der Waals surface area (Å²) in [5, 5.41) is 11.5. The number of hydrogen-bond donors (Lipinski definition) is 2. The number of nitrogens with one attached hydrogen (secondary N) is 1. The molecule has 0 aromatic heterocycles. The minimum atomic E-state index is -1.17. The fourth-order valence-corrected chi connectivity index (χ4v) is 1.95. The number of hydrogen-bond acceptors (Lipinski definition) is 5. The number of carbonyl (C=O) groups is 2. The van der Waals surface area contributed by atoms with E-state index in [2.05, 4.69) is 11.9 Å². The van der Waals surface area contributed by atoms with Crippen molar-refractivity contribution in [3.8, 4) is 11.5 Å². The molecule has 1 rings (SSSR count). The van der Waals surface area contributed by atoms with E-state index in [0.29, 0.717) is 17.1 Å². The van der Waals surface area contributed by atoms with E-state index in [-0.39, 0.29) is 19.6 Å². The SMILES string of the molecule is C=CCOCC(NC(=O)Cc1c(OC)cccc1OC)C(=O)O. The lowest BCUT2D eigenvalue weighted by molar-refractivity contribution is -0.143. The molecule has 0 fully saturated rings. The molecule has 126 valence electrons. The number of rotatable bonds is 10. The molecule has 0 heterocycles. The molecule has 0 aliphatic carbocycles. The van der Waals surface area contributed by atoms with E-state index in [0.717, 1.165) is 0 Å². The molecule has 23 heavy (non-hydrogen) atoms. The molecule has 1 amide bonds. The van der Waals surface area contributed by atoms with Crippen molar-refractivity contribution in [3.63, 3.8) is 0 Å². The molecule has 0 aliphatic rings. The van der Waals surface area contributed by atoms with Crippen molar-refractivity contribution in [3.05, 3.63) is 36.4 Å². The zero-order chi connectivity index (χ0) is 17.2. The van der Waals surface area contributed by atoms with Crippen LogP contribution in [0.1, 0.15) is 5.56 Å². The zero-order valence-electron chi connectivity index (χ0n) is 13.2. The summed E-state index contributed by atoms with van der Waals surface area (Å²) in [4.78, 5) is 23.3. The summed E-state index contributed by atoms with van der Waals surface area (Å²) in [7, 11) is 2.97. The molecule has 0 saturated carbocycles. The van der Waals surface area contributed by atoms with E-state index in [4.69, 9.17) is 19.3 Å². The smallest absolute Gasteiger partial charge is 0.328 e. The Morgan fingerprint density at radius 1 is 1.30 bits per heavy atom. The van der Waals surface area contributed by atoms with Crippen LogP contribution in [0, 0.1) is 0 Å². The van der Waals surface area contributed by atoms with Crippen LogP contribution in [0.2, 0.25) is 0 Å². The van der Waals surface area contributed by atoms with Gasteiger partial charge in [-0.1, -0.05) is 12.1 Å². The average molecular weight is 323 g/mol. The lowest BCUT2D eigenvalue weighted by Gasteiger charge is -2.16. The lowest BCUT2D eigenvalue weighted by Crippen LogP contribution is -2.44. The summed E-state index contributed by atoms with van der Waals surface area (Å²) >= 11 is 0. The first-order valence-corrected chi connectivity index (χ1v) is 6.94. The van der Waals surface area contributed by atoms with Crippen LogP contribution >= 0.6 is 0 Å². The van der Waals surface area contributed by atoms with Crippen molar-refractivity contribution in [2.75, 3.05) is 27.4 Å². The highest BCUT2D eigenvalue weighted by Gasteiger charge is 2.22. The first-order chi connectivity index (χ1) is 11.0. The fourth-order valence-electron chi connectivity index (χ4n) is 1.95. The van der Waals surface area contributed by atoms with Crippen LogP contribution in [0.25, 0.3) is 0 Å². The Morgan fingerprint density at radius 2 is 1.91 bits per heavy atom. The van der Waals surface area contributed by atoms with E-state index < -0.39 is 17.9 Å². The van der Waals surface area contributed by atoms with Gasteiger partial charge in [-0.25, -0.2) is 4.79 Å². The van der Waals surface area contributed by atoms with Gasteiger partial charge in [-0.2, -0.15) is 0 Å². The number of amides is 1. The second-order valence-electron chi connectivity index (χ2n) is 4.60. The molecule has 0 radical (unpaired) electrons. The highest BCUT2D eigenvalue weighted by Crippen LogP contribution is 2.28. The highest BCUT2D eigenvalue weighted by molar-refractivity contribution is 5.85. The molecule has 0 saturated heterocycles. The molecule has 0 bridgehead atoms. The van der Waals surface area contributed by atoms with Crippen LogP contribution in [0.4, 0.5) is 0 Å². The summed E-state index contributed by atoms with van der Waals surface area (Å²) in [6.45, 7) is 3.54. The standard InChI is InChI=1S/C16H21NO6/c1-4-8-23-10-12(16(19)20)17-15(18)9-11-13(21-2)6-5-7-14(11)22-3/h4-7,12H,1,8-10H2,2-3H3,(H,17,18)(H,19,20). The zero-order valence-corrected chi connectivity index (χ0v) is 13.2. The second kappa shape index (κ2) is 9.47. The van der Waals surface area contributed by atoms with Crippen molar-refractivity contribution in [1.29, 1.82) is 0 Å². The van der Waals surface area contributed by atoms with Gasteiger partial charge in [-0.05, 0) is 12.1 Å². The molecule has 2 N–H and O–H groups in total. The molecular formula is C16H21NO6. The molecule has 7 nitrogen and oxygen atoms in total. The topological polar surface area (TPSA) is 94.1 Å². The van der Waals surface area contributed by atoms with Gasteiger partial charge in [-0.3, -0.25) is 4.79 Å². The number of carboxylic acid groups (broad SMARTS) is 1. The van der Waals surface area contributed by atoms with Crippen LogP contribution in [0.5, 0.6) is 11.5 Å². The third-order valence-corrected chi connectivity index (χ3v) is 3.02. The molecule has 0 spiro atoms. The summed E-state index contributed by atoms with van der Waals surface area (Å²) in [5.74, 6) is -0.652. The summed E-state index contributed by atoms with van der Waals surface area (Å²) < 4.78 is 15.5. The Morgan fingerprint density at radius 3 is 2.39 bits per heavy atom. The van der Waals surface area contributed by atoms with Gasteiger partial charge < -0.3 is 24.6 Å². The average Bonchev–Trinajstić information content (AvgIpc) is 2.54. The lowest BCUT2D eigenvalue weighted by atomic mass is 10.1. The molecule has 1 unspecified atom stereocenters. The Hall–Kier alpha value is -2.54. The fraction of sp³-hybridized carbons (Fsp3) is 0.375. The molecule has 1 aromatic rings. The van der Waals surface area contributed by atoms with Gasteiger partial charge in [0.1, 0.15) is 11.5 Å². The monoisotopic (exact) mass is 323 g/mol. The Kier molecular flexibility index (Phi) is 7.62. The van der Waals surface area contributed by atoms with Gasteiger partial charge in [0.15, 0.2) is 6.04 Å². The first kappa shape index (κ1) is 18.5. The number of carboxylic acids is 1. The molecule has 1 aromatic carbocycles. The van der Waals surface area contributed by atoms with E-state index in [1.807, 2.05) is 0 Å². The van der Waals surface area contributed by atoms with Crippen molar-refractivity contribution < 1.29 is 28.9 Å². The maximum atomic E-state index is 12.1. The molecule has 1 atom stereocenters. The first-order valence-electron chi connectivity index (χ1n) is 6.94. The number of carbonyl (C=O) groups excluding carboxylic acids is 1. The van der Waals surface area contributed by atoms with Crippen LogP contribution in [-0.2, 0) is 20.7 Å². The molecule has 7 heteroatoms. The summed E-state index contributed by atoms with van der Waals surface area (Å²) in [6.07, 6.45) is 1.43. The van der Waals surface area contributed by atoms with E-state index in [9.17, 15) is 9.59 Å². The maximum absolute atomic E-state index is 12.1. The Balaban J connectivity index is 2.78. The van der Waals surface area contributed by atoms with E-state index >= 15 is 0 Å². The highest BCUT2D eigenvalue weighted by atomic mass is 16.5. The normalized spacial score (nSPS) is 11.4. The number of ether oxygens (including phenoxy) is 3. The van der Waals surface area contributed by atoms with Gasteiger partial charge in [0.25, 0.3) is 0 Å². The predicted molar refractivity (Wildman–Crippen MR) is 83.8 cm³/mol. The van der Waals surface area contributed by atoms with Gasteiger partial charge in [0.2, 0.25) is 5.91 Å². The Labute approximate surface area is 134 Å². The summed E-state index contributed by atoms with van der Waals surface area (Å²) in [5.41, 5.74) is 0.547. The number of methoxy groups -OCH3 is 2. The van der Waals surface area contributed by atoms with E-state index in [1.165, 1.54) is 20.3 Å². The van der Waals surface area contributed by atoms with Gasteiger partial charge in [-0.15, -0.1) is 6.58 Å². The van der Waals surface area contributed by atoms with E-state index in [1.54, 1.807) is 18.2 Å². The Bertz CT molecular complexity index is 535. The number of aliphatic carboxylic acids is 1. The minimum absolute atomic E-state index is 0.0710. The van der Waals surface area contributed by atoms with Crippen molar-refractivity contribution in [2.45, 2.75) is 12.5 Å². The number of benzene rings is 1. The maximum Gasteiger partial charge on any atom is 0.328 e. The van der Waals surface area contributed by atoms with Crippen LogP contribution in [0.3, 0.4) is 0 Å².